The Morgan fingerprint density at radius 2 is 2.08 bits per heavy atom. The van der Waals surface area contributed by atoms with E-state index in [0.29, 0.717) is 17.1 Å². The monoisotopic (exact) mass is 362 g/mol. The summed E-state index contributed by atoms with van der Waals surface area (Å²) in [5.74, 6) is 0.248. The summed E-state index contributed by atoms with van der Waals surface area (Å²) in [6.07, 6.45) is 5.13. The zero-order chi connectivity index (χ0) is 17.2. The van der Waals surface area contributed by atoms with Crippen LogP contribution in [-0.4, -0.2) is 23.2 Å². The molecule has 3 rings (SSSR count). The standard InChI is InChI=1S/C16H15ClN4O2S/c1-12-4-5-14(17)9-15(12)24(22,23)20-16-6-8-21(19-16)11-13-3-2-7-18-10-13/h2-10H,11H2,1H3,(H,19,20). The average Bonchev–Trinajstić information content (AvgIpc) is 2.97. The van der Waals surface area contributed by atoms with Crippen molar-refractivity contribution >= 4 is 27.4 Å². The second-order valence-electron chi connectivity index (χ2n) is 5.28. The highest BCUT2D eigenvalue weighted by Gasteiger charge is 2.18. The van der Waals surface area contributed by atoms with Crippen LogP contribution in [0.25, 0.3) is 0 Å². The van der Waals surface area contributed by atoms with Gasteiger partial charge in [-0.2, -0.15) is 5.10 Å². The maximum Gasteiger partial charge on any atom is 0.263 e. The van der Waals surface area contributed by atoms with Crippen LogP contribution >= 0.6 is 11.6 Å². The summed E-state index contributed by atoms with van der Waals surface area (Å²) in [4.78, 5) is 4.18. The maximum atomic E-state index is 12.5. The SMILES string of the molecule is Cc1ccc(Cl)cc1S(=O)(=O)Nc1ccn(Cc2cccnc2)n1. The third-order valence-corrected chi connectivity index (χ3v) is 5.12. The predicted octanol–water partition coefficient (Wildman–Crippen LogP) is 3.09. The van der Waals surface area contributed by atoms with Crippen LogP contribution in [-0.2, 0) is 16.6 Å². The summed E-state index contributed by atoms with van der Waals surface area (Å²) in [6.45, 7) is 2.22. The fraction of sp³-hybridized carbons (Fsp3) is 0.125. The Bertz CT molecular complexity index is 955. The molecule has 1 aromatic carbocycles. The van der Waals surface area contributed by atoms with Crippen LogP contribution in [0.4, 0.5) is 5.82 Å². The quantitative estimate of drug-likeness (QED) is 0.756. The van der Waals surface area contributed by atoms with Crippen molar-refractivity contribution < 1.29 is 8.42 Å². The lowest BCUT2D eigenvalue weighted by Crippen LogP contribution is -2.15. The summed E-state index contributed by atoms with van der Waals surface area (Å²) in [5.41, 5.74) is 1.59. The van der Waals surface area contributed by atoms with Gasteiger partial charge in [0.05, 0.1) is 11.4 Å². The van der Waals surface area contributed by atoms with E-state index in [-0.39, 0.29) is 10.7 Å². The second kappa shape index (κ2) is 6.62. The fourth-order valence-corrected chi connectivity index (χ4v) is 3.74. The smallest absolute Gasteiger partial charge is 0.263 e. The summed E-state index contributed by atoms with van der Waals surface area (Å²) in [5, 5.41) is 4.60. The summed E-state index contributed by atoms with van der Waals surface area (Å²) in [6, 6.07) is 10.1. The largest absolute Gasteiger partial charge is 0.266 e. The second-order valence-corrected chi connectivity index (χ2v) is 7.36. The highest BCUT2D eigenvalue weighted by Crippen LogP contribution is 2.22. The Morgan fingerprint density at radius 3 is 2.83 bits per heavy atom. The molecule has 0 aliphatic rings. The van der Waals surface area contributed by atoms with Crippen LogP contribution in [0.5, 0.6) is 0 Å². The van der Waals surface area contributed by atoms with E-state index >= 15 is 0 Å². The highest BCUT2D eigenvalue weighted by molar-refractivity contribution is 7.92. The van der Waals surface area contributed by atoms with Crippen molar-refractivity contribution in [3.05, 3.63) is 71.1 Å². The van der Waals surface area contributed by atoms with Crippen LogP contribution in [0.2, 0.25) is 5.02 Å². The third-order valence-electron chi connectivity index (χ3n) is 3.39. The number of rotatable bonds is 5. The van der Waals surface area contributed by atoms with Crippen molar-refractivity contribution in [3.8, 4) is 0 Å². The van der Waals surface area contributed by atoms with Gasteiger partial charge in [-0.05, 0) is 36.2 Å². The molecule has 0 spiro atoms. The summed E-state index contributed by atoms with van der Waals surface area (Å²) >= 11 is 5.90. The van der Waals surface area contributed by atoms with Gasteiger partial charge in [-0.15, -0.1) is 0 Å². The minimum absolute atomic E-state index is 0.136. The summed E-state index contributed by atoms with van der Waals surface area (Å²) in [7, 11) is -3.75. The molecule has 6 nitrogen and oxygen atoms in total. The molecule has 0 unspecified atom stereocenters. The van der Waals surface area contributed by atoms with Crippen molar-refractivity contribution in [2.45, 2.75) is 18.4 Å². The van der Waals surface area contributed by atoms with E-state index in [9.17, 15) is 8.42 Å². The number of nitrogens with zero attached hydrogens (tertiary/aromatic N) is 3. The Morgan fingerprint density at radius 1 is 1.25 bits per heavy atom. The molecule has 0 amide bonds. The van der Waals surface area contributed by atoms with Crippen LogP contribution in [0, 0.1) is 6.92 Å². The van der Waals surface area contributed by atoms with E-state index in [1.54, 1.807) is 48.4 Å². The first-order chi connectivity index (χ1) is 11.4. The predicted molar refractivity (Wildman–Crippen MR) is 92.6 cm³/mol. The molecule has 1 N–H and O–H groups in total. The van der Waals surface area contributed by atoms with Crippen molar-refractivity contribution in [2.24, 2.45) is 0 Å². The first-order valence-electron chi connectivity index (χ1n) is 7.15. The Balaban J connectivity index is 1.80. The molecule has 2 heterocycles. The molecule has 8 heteroatoms. The molecule has 3 aromatic rings. The van der Waals surface area contributed by atoms with Crippen LogP contribution in [0.1, 0.15) is 11.1 Å². The van der Waals surface area contributed by atoms with Crippen molar-refractivity contribution in [1.82, 2.24) is 14.8 Å². The lowest BCUT2D eigenvalue weighted by molar-refractivity contribution is 0.600. The Hall–Kier alpha value is -2.38. The van der Waals surface area contributed by atoms with E-state index in [2.05, 4.69) is 14.8 Å². The normalized spacial score (nSPS) is 11.4. The number of pyridine rings is 1. The molecule has 2 aromatic heterocycles. The number of sulfonamides is 1. The molecular weight excluding hydrogens is 348 g/mol. The lowest BCUT2D eigenvalue weighted by atomic mass is 10.2. The number of aromatic nitrogens is 3. The fourth-order valence-electron chi connectivity index (χ4n) is 2.24. The minimum atomic E-state index is -3.75. The lowest BCUT2D eigenvalue weighted by Gasteiger charge is -2.09. The molecular formula is C16H15ClN4O2S. The van der Waals surface area contributed by atoms with E-state index in [0.717, 1.165) is 5.56 Å². The molecule has 0 fully saturated rings. The van der Waals surface area contributed by atoms with Gasteiger partial charge < -0.3 is 0 Å². The van der Waals surface area contributed by atoms with Gasteiger partial charge in [0, 0.05) is 29.7 Å². The van der Waals surface area contributed by atoms with E-state index < -0.39 is 10.0 Å². The van der Waals surface area contributed by atoms with Crippen molar-refractivity contribution in [2.75, 3.05) is 4.72 Å². The van der Waals surface area contributed by atoms with Gasteiger partial charge in [-0.1, -0.05) is 23.7 Å². The Kier molecular flexibility index (Phi) is 4.55. The van der Waals surface area contributed by atoms with Gasteiger partial charge in [0.25, 0.3) is 10.0 Å². The van der Waals surface area contributed by atoms with Gasteiger partial charge in [0.1, 0.15) is 0 Å². The maximum absolute atomic E-state index is 12.5. The van der Waals surface area contributed by atoms with Crippen LogP contribution < -0.4 is 4.72 Å². The van der Waals surface area contributed by atoms with E-state index in [1.165, 1.54) is 6.07 Å². The first kappa shape index (κ1) is 16.5. The molecule has 24 heavy (non-hydrogen) atoms. The molecule has 0 radical (unpaired) electrons. The van der Waals surface area contributed by atoms with Gasteiger partial charge in [-0.3, -0.25) is 14.4 Å². The van der Waals surface area contributed by atoms with Gasteiger partial charge in [0.15, 0.2) is 5.82 Å². The third kappa shape index (κ3) is 3.74. The van der Waals surface area contributed by atoms with Gasteiger partial charge >= 0.3 is 0 Å². The zero-order valence-electron chi connectivity index (χ0n) is 12.8. The molecule has 0 saturated heterocycles. The molecule has 0 bridgehead atoms. The molecule has 124 valence electrons. The van der Waals surface area contributed by atoms with E-state index in [1.807, 2.05) is 12.1 Å². The Labute approximate surface area is 145 Å². The average molecular weight is 363 g/mol. The first-order valence-corrected chi connectivity index (χ1v) is 9.01. The number of hydrogen-bond acceptors (Lipinski definition) is 4. The highest BCUT2D eigenvalue weighted by atomic mass is 35.5. The van der Waals surface area contributed by atoms with Gasteiger partial charge in [0.2, 0.25) is 0 Å². The number of halogens is 1. The molecule has 0 saturated carbocycles. The number of benzene rings is 1. The topological polar surface area (TPSA) is 76.9 Å². The number of aryl methyl sites for hydroxylation is 1. The molecule has 0 aliphatic heterocycles. The number of anilines is 1. The summed E-state index contributed by atoms with van der Waals surface area (Å²) < 4.78 is 29.1. The number of nitrogens with one attached hydrogen (secondary N) is 1. The van der Waals surface area contributed by atoms with Crippen LogP contribution in [0.15, 0.2) is 59.9 Å². The number of hydrogen-bond donors (Lipinski definition) is 1. The minimum Gasteiger partial charge on any atom is -0.266 e. The van der Waals surface area contributed by atoms with Crippen LogP contribution in [0.3, 0.4) is 0 Å². The van der Waals surface area contributed by atoms with E-state index in [4.69, 9.17) is 11.6 Å². The van der Waals surface area contributed by atoms with Crippen molar-refractivity contribution in [3.63, 3.8) is 0 Å². The van der Waals surface area contributed by atoms with Gasteiger partial charge in [-0.25, -0.2) is 8.42 Å². The molecule has 0 atom stereocenters. The molecule has 0 aliphatic carbocycles. The van der Waals surface area contributed by atoms with Crippen molar-refractivity contribution in [1.29, 1.82) is 0 Å². The zero-order valence-corrected chi connectivity index (χ0v) is 14.4.